The first-order chi connectivity index (χ1) is 4.34. The van der Waals surface area contributed by atoms with Gasteiger partial charge in [0.25, 0.3) is 0 Å². The van der Waals surface area contributed by atoms with Gasteiger partial charge in [0.2, 0.25) is 0 Å². The number of hydrogen-bond donors (Lipinski definition) is 1. The first kappa shape index (κ1) is 6.59. The zero-order valence-corrected chi connectivity index (χ0v) is 5.93. The van der Waals surface area contributed by atoms with Crippen molar-refractivity contribution in [3.05, 3.63) is 0 Å². The molecular weight excluding hydrogens is 112 g/mol. The molecule has 0 spiro atoms. The number of amidine groups is 1. The van der Waals surface area contributed by atoms with Crippen LogP contribution in [0.25, 0.3) is 0 Å². The van der Waals surface area contributed by atoms with Gasteiger partial charge < -0.3 is 5.73 Å². The van der Waals surface area contributed by atoms with Gasteiger partial charge in [0.1, 0.15) is 0 Å². The van der Waals surface area contributed by atoms with Crippen LogP contribution in [0.15, 0.2) is 4.99 Å². The molecule has 9 heavy (non-hydrogen) atoms. The van der Waals surface area contributed by atoms with E-state index >= 15 is 0 Å². The maximum absolute atomic E-state index is 5.63. The number of nitrogens with zero attached hydrogens (tertiary/aromatic N) is 1. The van der Waals surface area contributed by atoms with Gasteiger partial charge in [0, 0.05) is 13.0 Å². The highest BCUT2D eigenvalue weighted by Gasteiger charge is 2.17. The van der Waals surface area contributed by atoms with E-state index in [-0.39, 0.29) is 0 Å². The average molecular weight is 126 g/mol. The molecule has 2 N–H and O–H groups in total. The lowest BCUT2D eigenvalue weighted by Crippen LogP contribution is -2.20. The van der Waals surface area contributed by atoms with Crippen molar-refractivity contribution < 1.29 is 0 Å². The summed E-state index contributed by atoms with van der Waals surface area (Å²) in [7, 11) is 1.77. The largest absolute Gasteiger partial charge is 0.387 e. The van der Waals surface area contributed by atoms with E-state index in [0.29, 0.717) is 5.92 Å². The van der Waals surface area contributed by atoms with Crippen molar-refractivity contribution in [2.24, 2.45) is 16.6 Å². The first-order valence-electron chi connectivity index (χ1n) is 3.56. The SMILES string of the molecule is CN=C(N)C1CCCC1. The normalized spacial score (nSPS) is 23.0. The van der Waals surface area contributed by atoms with Crippen LogP contribution < -0.4 is 5.73 Å². The predicted octanol–water partition coefficient (Wildman–Crippen LogP) is 1.16. The van der Waals surface area contributed by atoms with Crippen molar-refractivity contribution in [1.29, 1.82) is 0 Å². The Bertz CT molecular complexity index is 112. The van der Waals surface area contributed by atoms with Gasteiger partial charge in [-0.1, -0.05) is 12.8 Å². The van der Waals surface area contributed by atoms with Crippen LogP contribution >= 0.6 is 0 Å². The van der Waals surface area contributed by atoms with E-state index in [0.717, 1.165) is 5.84 Å². The summed E-state index contributed by atoms with van der Waals surface area (Å²) in [6, 6.07) is 0. The van der Waals surface area contributed by atoms with Gasteiger partial charge in [-0.3, -0.25) is 4.99 Å². The van der Waals surface area contributed by atoms with E-state index in [1.165, 1.54) is 25.7 Å². The van der Waals surface area contributed by atoms with Crippen LogP contribution in [0, 0.1) is 5.92 Å². The van der Waals surface area contributed by atoms with E-state index in [1.807, 2.05) is 0 Å². The minimum atomic E-state index is 0.606. The molecule has 1 aliphatic rings. The lowest BCUT2D eigenvalue weighted by molar-refractivity contribution is 0.720. The van der Waals surface area contributed by atoms with Crippen LogP contribution in [0.5, 0.6) is 0 Å². The van der Waals surface area contributed by atoms with Crippen LogP contribution in [0.2, 0.25) is 0 Å². The monoisotopic (exact) mass is 126 g/mol. The second-order valence-corrected chi connectivity index (χ2v) is 2.63. The van der Waals surface area contributed by atoms with Crippen molar-refractivity contribution >= 4 is 5.84 Å². The van der Waals surface area contributed by atoms with Gasteiger partial charge >= 0.3 is 0 Å². The maximum atomic E-state index is 5.63. The Labute approximate surface area is 56.2 Å². The topological polar surface area (TPSA) is 38.4 Å². The van der Waals surface area contributed by atoms with Crippen molar-refractivity contribution in [2.75, 3.05) is 7.05 Å². The van der Waals surface area contributed by atoms with Crippen molar-refractivity contribution in [3.8, 4) is 0 Å². The third kappa shape index (κ3) is 1.44. The van der Waals surface area contributed by atoms with Crippen LogP contribution in [0.4, 0.5) is 0 Å². The van der Waals surface area contributed by atoms with E-state index in [4.69, 9.17) is 5.73 Å². The Balaban J connectivity index is 2.42. The Kier molecular flexibility index (Phi) is 2.09. The molecule has 0 heterocycles. The highest BCUT2D eigenvalue weighted by atomic mass is 14.8. The third-order valence-corrected chi connectivity index (χ3v) is 2.03. The van der Waals surface area contributed by atoms with E-state index in [9.17, 15) is 0 Å². The van der Waals surface area contributed by atoms with Crippen LogP contribution in [0.1, 0.15) is 25.7 Å². The molecule has 0 aromatic carbocycles. The molecule has 52 valence electrons. The van der Waals surface area contributed by atoms with Gasteiger partial charge in [-0.05, 0) is 12.8 Å². The van der Waals surface area contributed by atoms with E-state index < -0.39 is 0 Å². The molecule has 0 aromatic rings. The summed E-state index contributed by atoms with van der Waals surface area (Å²) in [5.41, 5.74) is 5.63. The summed E-state index contributed by atoms with van der Waals surface area (Å²) < 4.78 is 0. The number of nitrogens with two attached hydrogens (primary N) is 1. The van der Waals surface area contributed by atoms with Crippen LogP contribution in [-0.4, -0.2) is 12.9 Å². The molecule has 0 saturated heterocycles. The fraction of sp³-hybridized carbons (Fsp3) is 0.857. The van der Waals surface area contributed by atoms with Crippen molar-refractivity contribution in [3.63, 3.8) is 0 Å². The molecule has 0 radical (unpaired) electrons. The fourth-order valence-corrected chi connectivity index (χ4v) is 1.40. The second-order valence-electron chi connectivity index (χ2n) is 2.63. The highest BCUT2D eigenvalue weighted by Crippen LogP contribution is 2.24. The molecular formula is C7H14N2. The van der Waals surface area contributed by atoms with Gasteiger partial charge in [-0.2, -0.15) is 0 Å². The van der Waals surface area contributed by atoms with Gasteiger partial charge in [-0.15, -0.1) is 0 Å². The molecule has 0 bridgehead atoms. The Morgan fingerprint density at radius 3 is 2.44 bits per heavy atom. The zero-order valence-electron chi connectivity index (χ0n) is 5.93. The minimum Gasteiger partial charge on any atom is -0.387 e. The summed E-state index contributed by atoms with van der Waals surface area (Å²) in [4.78, 5) is 3.96. The fourth-order valence-electron chi connectivity index (χ4n) is 1.40. The van der Waals surface area contributed by atoms with Crippen LogP contribution in [-0.2, 0) is 0 Å². The maximum Gasteiger partial charge on any atom is 0.0964 e. The number of aliphatic imine (C=N–C) groups is 1. The lowest BCUT2D eigenvalue weighted by atomic mass is 10.1. The molecule has 0 atom stereocenters. The number of rotatable bonds is 1. The molecule has 2 nitrogen and oxygen atoms in total. The molecule has 1 aliphatic carbocycles. The van der Waals surface area contributed by atoms with Crippen LogP contribution in [0.3, 0.4) is 0 Å². The Morgan fingerprint density at radius 1 is 1.44 bits per heavy atom. The smallest absolute Gasteiger partial charge is 0.0964 e. The molecule has 1 rings (SSSR count). The average Bonchev–Trinajstić information content (AvgIpc) is 2.37. The zero-order chi connectivity index (χ0) is 6.69. The third-order valence-electron chi connectivity index (χ3n) is 2.03. The summed E-state index contributed by atoms with van der Waals surface area (Å²) >= 11 is 0. The highest BCUT2D eigenvalue weighted by molar-refractivity contribution is 5.82. The predicted molar refractivity (Wildman–Crippen MR) is 39.5 cm³/mol. The number of hydrogen-bond acceptors (Lipinski definition) is 1. The molecule has 2 heteroatoms. The summed E-state index contributed by atoms with van der Waals surface area (Å²) in [6.45, 7) is 0. The van der Waals surface area contributed by atoms with Crippen molar-refractivity contribution in [1.82, 2.24) is 0 Å². The molecule has 0 aliphatic heterocycles. The quantitative estimate of drug-likeness (QED) is 0.415. The Morgan fingerprint density at radius 2 is 2.00 bits per heavy atom. The van der Waals surface area contributed by atoms with Gasteiger partial charge in [-0.25, -0.2) is 0 Å². The molecule has 0 aromatic heterocycles. The molecule has 1 fully saturated rings. The molecule has 0 amide bonds. The van der Waals surface area contributed by atoms with E-state index in [1.54, 1.807) is 7.05 Å². The van der Waals surface area contributed by atoms with Gasteiger partial charge in [0.15, 0.2) is 0 Å². The standard InChI is InChI=1S/C7H14N2/c1-9-7(8)6-4-2-3-5-6/h6H,2-5H2,1H3,(H2,8,9). The summed E-state index contributed by atoms with van der Waals surface area (Å²) in [5, 5.41) is 0. The summed E-state index contributed by atoms with van der Waals surface area (Å²) in [6.07, 6.45) is 5.17. The molecule has 1 saturated carbocycles. The summed E-state index contributed by atoms with van der Waals surface area (Å²) in [5.74, 6) is 1.46. The second kappa shape index (κ2) is 2.85. The molecule has 0 unspecified atom stereocenters. The van der Waals surface area contributed by atoms with E-state index in [2.05, 4.69) is 4.99 Å². The Hall–Kier alpha value is -0.530. The van der Waals surface area contributed by atoms with Gasteiger partial charge in [0.05, 0.1) is 5.84 Å². The first-order valence-corrected chi connectivity index (χ1v) is 3.56. The lowest BCUT2D eigenvalue weighted by Gasteiger charge is -2.05. The van der Waals surface area contributed by atoms with Crippen molar-refractivity contribution in [2.45, 2.75) is 25.7 Å². The minimum absolute atomic E-state index is 0.606.